The van der Waals surface area contributed by atoms with Crippen LogP contribution in [0.2, 0.25) is 5.02 Å². The van der Waals surface area contributed by atoms with Crippen molar-refractivity contribution in [1.82, 2.24) is 10.2 Å². The maximum Gasteiger partial charge on any atom is 0.224 e. The number of carbonyl (C=O) groups is 1. The molecule has 5 nitrogen and oxygen atoms in total. The number of aliphatic hydroxyl groups is 1. The van der Waals surface area contributed by atoms with Gasteiger partial charge in [-0.3, -0.25) is 9.69 Å². The number of hydrogen-bond donors (Lipinski definition) is 2. The van der Waals surface area contributed by atoms with Crippen molar-refractivity contribution in [2.75, 3.05) is 33.3 Å². The molecular formula is C17H25ClN2O3. The van der Waals surface area contributed by atoms with Crippen LogP contribution in [-0.2, 0) is 4.79 Å². The average Bonchev–Trinajstić information content (AvgIpc) is 2.55. The maximum atomic E-state index is 11.7. The fourth-order valence-corrected chi connectivity index (χ4v) is 3.07. The van der Waals surface area contributed by atoms with Gasteiger partial charge in [0.05, 0.1) is 10.9 Å². The van der Waals surface area contributed by atoms with Crippen molar-refractivity contribution in [2.45, 2.75) is 25.9 Å². The predicted molar refractivity (Wildman–Crippen MR) is 90.9 cm³/mol. The molecule has 1 aromatic carbocycles. The maximum absolute atomic E-state index is 11.7. The predicted octanol–water partition coefficient (Wildman–Crippen LogP) is 1.85. The Kier molecular flexibility index (Phi) is 6.69. The molecule has 1 saturated heterocycles. The monoisotopic (exact) mass is 340 g/mol. The van der Waals surface area contributed by atoms with Gasteiger partial charge in [-0.05, 0) is 44.0 Å². The molecule has 0 radical (unpaired) electrons. The summed E-state index contributed by atoms with van der Waals surface area (Å²) in [5.41, 5.74) is 1.06. The number of halogens is 1. The summed E-state index contributed by atoms with van der Waals surface area (Å²) in [6.07, 6.45) is 1.26. The molecule has 128 valence electrons. The van der Waals surface area contributed by atoms with E-state index < -0.39 is 6.10 Å². The normalized spacial score (nSPS) is 20.1. The highest BCUT2D eigenvalue weighted by Gasteiger charge is 2.26. The zero-order valence-electron chi connectivity index (χ0n) is 13.7. The molecule has 1 aliphatic heterocycles. The summed E-state index contributed by atoms with van der Waals surface area (Å²) < 4.78 is 5.63. The van der Waals surface area contributed by atoms with E-state index in [9.17, 15) is 9.90 Å². The van der Waals surface area contributed by atoms with Gasteiger partial charge < -0.3 is 15.2 Å². The Bertz CT molecular complexity index is 539. The summed E-state index contributed by atoms with van der Waals surface area (Å²) in [6, 6.07) is 5.56. The number of aryl methyl sites for hydroxylation is 1. The van der Waals surface area contributed by atoms with E-state index in [1.54, 1.807) is 13.1 Å². The number of β-amino-alcohol motifs (C(OH)–C–C–N with tert-alkyl or cyclic N) is 1. The number of amides is 1. The van der Waals surface area contributed by atoms with Gasteiger partial charge in [-0.15, -0.1) is 0 Å². The van der Waals surface area contributed by atoms with Crippen molar-refractivity contribution >= 4 is 17.5 Å². The second-order valence-electron chi connectivity index (χ2n) is 6.11. The number of nitrogens with one attached hydrogen (secondary N) is 1. The van der Waals surface area contributed by atoms with Crippen molar-refractivity contribution in [1.29, 1.82) is 0 Å². The number of likely N-dealkylation sites (tertiary alicyclic amines) is 1. The van der Waals surface area contributed by atoms with Gasteiger partial charge in [0.2, 0.25) is 5.91 Å². The number of hydrogen-bond acceptors (Lipinski definition) is 4. The lowest BCUT2D eigenvalue weighted by Gasteiger charge is -2.32. The van der Waals surface area contributed by atoms with Crippen LogP contribution in [0.5, 0.6) is 5.75 Å². The molecule has 1 aliphatic rings. The third-order valence-electron chi connectivity index (χ3n) is 4.11. The molecule has 1 amide bonds. The number of carbonyl (C=O) groups excluding carboxylic acids is 1. The van der Waals surface area contributed by atoms with Crippen LogP contribution in [0.25, 0.3) is 0 Å². The number of piperidine rings is 1. The quantitative estimate of drug-likeness (QED) is 0.829. The third kappa shape index (κ3) is 5.37. The molecule has 23 heavy (non-hydrogen) atoms. The number of ether oxygens (including phenoxy) is 1. The van der Waals surface area contributed by atoms with Crippen molar-refractivity contribution < 1.29 is 14.6 Å². The largest absolute Gasteiger partial charge is 0.489 e. The zero-order valence-corrected chi connectivity index (χ0v) is 14.5. The van der Waals surface area contributed by atoms with E-state index in [0.29, 0.717) is 23.9 Å². The molecule has 0 bridgehead atoms. The molecule has 0 saturated carbocycles. The van der Waals surface area contributed by atoms with Gasteiger partial charge >= 0.3 is 0 Å². The molecule has 0 aromatic heterocycles. The van der Waals surface area contributed by atoms with Crippen LogP contribution >= 0.6 is 11.6 Å². The van der Waals surface area contributed by atoms with Crippen LogP contribution in [0, 0.1) is 12.8 Å². The van der Waals surface area contributed by atoms with E-state index in [2.05, 4.69) is 10.2 Å². The van der Waals surface area contributed by atoms with Crippen molar-refractivity contribution in [2.24, 2.45) is 5.92 Å². The second kappa shape index (κ2) is 8.52. The standard InChI is InChI=1S/C17H25ClN2O3/c1-12-5-6-15(18)16(8-12)23-11-14(21)10-20-7-3-4-13(9-20)17(22)19-2/h5-6,8,13-14,21H,3-4,7,9-11H2,1-2H3,(H,19,22). The highest BCUT2D eigenvalue weighted by atomic mass is 35.5. The molecule has 0 spiro atoms. The summed E-state index contributed by atoms with van der Waals surface area (Å²) in [7, 11) is 1.66. The van der Waals surface area contributed by atoms with Crippen LogP contribution in [-0.4, -0.2) is 55.3 Å². The molecule has 2 N–H and O–H groups in total. The molecule has 6 heteroatoms. The molecule has 2 rings (SSSR count). The van der Waals surface area contributed by atoms with Gasteiger partial charge in [0.25, 0.3) is 0 Å². The first-order valence-electron chi connectivity index (χ1n) is 8.00. The lowest BCUT2D eigenvalue weighted by Crippen LogP contribution is -2.45. The first-order chi connectivity index (χ1) is 11.0. The summed E-state index contributed by atoms with van der Waals surface area (Å²) in [5, 5.41) is 13.4. The van der Waals surface area contributed by atoms with Crippen LogP contribution in [0.4, 0.5) is 0 Å². The lowest BCUT2D eigenvalue weighted by molar-refractivity contribution is -0.126. The molecule has 2 unspecified atom stereocenters. The summed E-state index contributed by atoms with van der Waals surface area (Å²) in [5.74, 6) is 0.674. The SMILES string of the molecule is CNC(=O)C1CCCN(CC(O)COc2cc(C)ccc2Cl)C1. The number of benzene rings is 1. The summed E-state index contributed by atoms with van der Waals surface area (Å²) in [6.45, 7) is 4.23. The Morgan fingerprint density at radius 1 is 1.57 bits per heavy atom. The van der Waals surface area contributed by atoms with Crippen LogP contribution < -0.4 is 10.1 Å². The van der Waals surface area contributed by atoms with E-state index in [0.717, 1.165) is 24.9 Å². The smallest absolute Gasteiger partial charge is 0.224 e. The van der Waals surface area contributed by atoms with Crippen LogP contribution in [0.3, 0.4) is 0 Å². The van der Waals surface area contributed by atoms with Gasteiger partial charge in [-0.2, -0.15) is 0 Å². The first-order valence-corrected chi connectivity index (χ1v) is 8.38. The Hall–Kier alpha value is -1.30. The van der Waals surface area contributed by atoms with Crippen LogP contribution in [0.1, 0.15) is 18.4 Å². The van der Waals surface area contributed by atoms with Gasteiger partial charge in [-0.25, -0.2) is 0 Å². The fourth-order valence-electron chi connectivity index (χ4n) is 2.90. The Labute approximate surface area is 142 Å². The third-order valence-corrected chi connectivity index (χ3v) is 4.42. The number of aliphatic hydroxyl groups excluding tert-OH is 1. The minimum atomic E-state index is -0.616. The molecule has 2 atom stereocenters. The lowest BCUT2D eigenvalue weighted by atomic mass is 9.97. The topological polar surface area (TPSA) is 61.8 Å². The molecule has 0 aliphatic carbocycles. The number of rotatable bonds is 6. The second-order valence-corrected chi connectivity index (χ2v) is 6.52. The molecule has 1 heterocycles. The minimum absolute atomic E-state index is 0.00749. The van der Waals surface area contributed by atoms with Crippen LogP contribution in [0.15, 0.2) is 18.2 Å². The van der Waals surface area contributed by atoms with E-state index in [4.69, 9.17) is 16.3 Å². The molecular weight excluding hydrogens is 316 g/mol. The first kappa shape index (κ1) is 18.0. The summed E-state index contributed by atoms with van der Waals surface area (Å²) in [4.78, 5) is 13.9. The van der Waals surface area contributed by atoms with Crippen molar-refractivity contribution in [3.05, 3.63) is 28.8 Å². The molecule has 1 fully saturated rings. The van der Waals surface area contributed by atoms with Crippen molar-refractivity contribution in [3.8, 4) is 5.75 Å². The zero-order chi connectivity index (χ0) is 16.8. The van der Waals surface area contributed by atoms with Gasteiger partial charge in [-0.1, -0.05) is 17.7 Å². The minimum Gasteiger partial charge on any atom is -0.489 e. The highest BCUT2D eigenvalue weighted by Crippen LogP contribution is 2.25. The van der Waals surface area contributed by atoms with Crippen molar-refractivity contribution in [3.63, 3.8) is 0 Å². The van der Waals surface area contributed by atoms with Gasteiger partial charge in [0.1, 0.15) is 18.5 Å². The van der Waals surface area contributed by atoms with E-state index >= 15 is 0 Å². The fraction of sp³-hybridized carbons (Fsp3) is 0.588. The molecule has 1 aromatic rings. The highest BCUT2D eigenvalue weighted by molar-refractivity contribution is 6.32. The Morgan fingerprint density at radius 3 is 3.09 bits per heavy atom. The van der Waals surface area contributed by atoms with E-state index in [1.807, 2.05) is 19.1 Å². The Morgan fingerprint density at radius 2 is 2.35 bits per heavy atom. The van der Waals surface area contributed by atoms with Gasteiger partial charge in [0, 0.05) is 20.1 Å². The number of nitrogens with zero attached hydrogens (tertiary/aromatic N) is 1. The summed E-state index contributed by atoms with van der Waals surface area (Å²) >= 11 is 6.08. The Balaban J connectivity index is 1.81. The average molecular weight is 341 g/mol. The van der Waals surface area contributed by atoms with Gasteiger partial charge in [0.15, 0.2) is 0 Å². The van der Waals surface area contributed by atoms with E-state index in [-0.39, 0.29) is 18.4 Å². The van der Waals surface area contributed by atoms with E-state index in [1.165, 1.54) is 0 Å².